The summed E-state index contributed by atoms with van der Waals surface area (Å²) in [7, 11) is 10.6. The topological polar surface area (TPSA) is 105 Å². The highest BCUT2D eigenvalue weighted by atomic mass is 32.2. The fraction of sp³-hybridized carbons (Fsp3) is 0.368. The van der Waals surface area contributed by atoms with E-state index in [1.165, 1.54) is 11.8 Å². The number of nitrogens with one attached hydrogen (secondary N) is 1. The number of nitrogens with zero attached hydrogens (tertiary/aromatic N) is 4. The number of benzene rings is 3. The number of aromatic hydroxyl groups is 1. The first-order valence-electron chi connectivity index (χ1n) is 16.4. The minimum absolute atomic E-state index is 0.242. The molecule has 3 aromatic carbocycles. The van der Waals surface area contributed by atoms with Crippen molar-refractivity contribution in [2.75, 3.05) is 47.4 Å². The summed E-state index contributed by atoms with van der Waals surface area (Å²) in [5.74, 6) is 4.74. The van der Waals surface area contributed by atoms with Gasteiger partial charge in [-0.05, 0) is 69.4 Å². The molecule has 5 aromatic rings. The van der Waals surface area contributed by atoms with Crippen molar-refractivity contribution in [2.45, 2.75) is 62.5 Å². The van der Waals surface area contributed by atoms with Gasteiger partial charge in [-0.2, -0.15) is 0 Å². The Balaban J connectivity index is 1.65. The molecule has 260 valence electrons. The molecule has 0 aliphatic carbocycles. The molecule has 0 aliphatic rings. The number of ether oxygens (including phenoxy) is 4. The van der Waals surface area contributed by atoms with Crippen LogP contribution in [0.15, 0.2) is 64.4 Å². The van der Waals surface area contributed by atoms with Gasteiger partial charge >= 0.3 is 0 Å². The Bertz CT molecular complexity index is 1840. The van der Waals surface area contributed by atoms with Crippen LogP contribution in [0.2, 0.25) is 0 Å². The highest BCUT2D eigenvalue weighted by Crippen LogP contribution is 2.42. The van der Waals surface area contributed by atoms with Gasteiger partial charge in [0.25, 0.3) is 0 Å². The van der Waals surface area contributed by atoms with Crippen molar-refractivity contribution in [2.24, 2.45) is 0 Å². The maximum absolute atomic E-state index is 11.1. The smallest absolute Gasteiger partial charge is 0.157 e. The molecule has 0 spiro atoms. The zero-order chi connectivity index (χ0) is 35.1. The van der Waals surface area contributed by atoms with Gasteiger partial charge in [0.05, 0.1) is 49.4 Å². The van der Waals surface area contributed by atoms with Crippen molar-refractivity contribution in [1.82, 2.24) is 19.9 Å². The van der Waals surface area contributed by atoms with Crippen LogP contribution in [-0.2, 0) is 26.1 Å². The first-order chi connectivity index (χ1) is 23.7. The molecule has 0 aliphatic heterocycles. The van der Waals surface area contributed by atoms with Crippen LogP contribution in [0.5, 0.6) is 28.7 Å². The number of anilines is 1. The van der Waals surface area contributed by atoms with Gasteiger partial charge in [0.15, 0.2) is 5.82 Å². The van der Waals surface area contributed by atoms with E-state index >= 15 is 0 Å². The number of aromatic amines is 1. The first-order valence-corrected chi connectivity index (χ1v) is 17.2. The molecule has 10 nitrogen and oxygen atoms in total. The van der Waals surface area contributed by atoms with E-state index in [1.807, 2.05) is 69.6 Å². The van der Waals surface area contributed by atoms with Crippen molar-refractivity contribution in [3.8, 4) is 28.7 Å². The summed E-state index contributed by atoms with van der Waals surface area (Å²) in [6.07, 6.45) is 2.88. The summed E-state index contributed by atoms with van der Waals surface area (Å²) in [4.78, 5) is 20.0. The quantitative estimate of drug-likeness (QED) is 0.107. The number of phenolic OH excluding ortho intramolecular Hbond substituents is 1. The van der Waals surface area contributed by atoms with Crippen LogP contribution in [0.1, 0.15) is 48.0 Å². The second-order valence-electron chi connectivity index (χ2n) is 12.2. The average molecular weight is 686 g/mol. The fourth-order valence-corrected chi connectivity index (χ4v) is 6.77. The number of phenols is 1. The van der Waals surface area contributed by atoms with Gasteiger partial charge in [0.2, 0.25) is 0 Å². The monoisotopic (exact) mass is 685 g/mol. The summed E-state index contributed by atoms with van der Waals surface area (Å²) in [6.45, 7) is 5.88. The van der Waals surface area contributed by atoms with E-state index in [-0.39, 0.29) is 5.75 Å². The molecule has 2 heterocycles. The lowest BCUT2D eigenvalue weighted by atomic mass is 10.1. The largest absolute Gasteiger partial charge is 0.507 e. The molecule has 49 heavy (non-hydrogen) atoms. The molecule has 2 N–H and O–H groups in total. The SMILES string of the molecule is CCCCc1nc2c(N(Cc3ccc(OC)cc3OC)Cc3ccc(OC)cc3OC)nc(C)c(Sc3ccc(CN(C)C)cc3O)c2[nH]1. The Morgan fingerprint density at radius 3 is 1.96 bits per heavy atom. The fourth-order valence-electron chi connectivity index (χ4n) is 5.80. The number of aromatic nitrogens is 3. The summed E-state index contributed by atoms with van der Waals surface area (Å²) in [5.41, 5.74) is 5.46. The molecular weight excluding hydrogens is 639 g/mol. The lowest BCUT2D eigenvalue weighted by molar-refractivity contribution is 0.389. The number of methoxy groups -OCH3 is 4. The van der Waals surface area contributed by atoms with Crippen molar-refractivity contribution in [1.29, 1.82) is 0 Å². The molecule has 0 fully saturated rings. The number of unbranched alkanes of at least 4 members (excludes halogenated alkanes) is 1. The third-order valence-corrected chi connectivity index (χ3v) is 9.57. The third-order valence-electron chi connectivity index (χ3n) is 8.31. The summed E-state index contributed by atoms with van der Waals surface area (Å²) in [5, 5.41) is 11.1. The van der Waals surface area contributed by atoms with Gasteiger partial charge in [-0.3, -0.25) is 0 Å². The molecule has 5 rings (SSSR count). The van der Waals surface area contributed by atoms with Crippen LogP contribution < -0.4 is 23.8 Å². The standard InChI is InChI=1S/C38H47N5O5S/c1-9-10-11-34-40-35-36(41-34)38(39-24(2)37(35)49-33-17-12-25(18-30(33)44)21-42(3)4)43(22-26-13-15-28(45-5)19-31(26)47-7)23-27-14-16-29(46-6)20-32(27)48-8/h12-20,44H,9-11,21-23H2,1-8H3,(H,40,41). The summed E-state index contributed by atoms with van der Waals surface area (Å²) >= 11 is 1.50. The van der Waals surface area contributed by atoms with E-state index in [0.717, 1.165) is 80.7 Å². The van der Waals surface area contributed by atoms with E-state index in [9.17, 15) is 5.11 Å². The van der Waals surface area contributed by atoms with Crippen LogP contribution in [0.4, 0.5) is 5.82 Å². The number of aryl methyl sites for hydroxylation is 2. The van der Waals surface area contributed by atoms with Crippen LogP contribution in [-0.4, -0.2) is 67.5 Å². The predicted molar refractivity (Wildman–Crippen MR) is 196 cm³/mol. The molecule has 0 atom stereocenters. The molecule has 0 radical (unpaired) electrons. The van der Waals surface area contributed by atoms with Crippen molar-refractivity contribution >= 4 is 28.6 Å². The highest BCUT2D eigenvalue weighted by Gasteiger charge is 2.24. The summed E-state index contributed by atoms with van der Waals surface area (Å²) < 4.78 is 22.6. The summed E-state index contributed by atoms with van der Waals surface area (Å²) in [6, 6.07) is 17.6. The van der Waals surface area contributed by atoms with Crippen LogP contribution in [0.3, 0.4) is 0 Å². The third kappa shape index (κ3) is 8.34. The average Bonchev–Trinajstić information content (AvgIpc) is 3.53. The Labute approximate surface area is 293 Å². The second kappa shape index (κ2) is 16.2. The number of H-pyrrole nitrogens is 1. The zero-order valence-electron chi connectivity index (χ0n) is 29.7. The van der Waals surface area contributed by atoms with E-state index < -0.39 is 0 Å². The maximum atomic E-state index is 11.1. The molecular formula is C38H47N5O5S. The Hall–Kier alpha value is -4.61. The Kier molecular flexibility index (Phi) is 11.8. The van der Waals surface area contributed by atoms with E-state index in [2.05, 4.69) is 27.8 Å². The van der Waals surface area contributed by atoms with Crippen LogP contribution >= 0.6 is 11.8 Å². The number of hydrogen-bond donors (Lipinski definition) is 2. The first kappa shape index (κ1) is 35.7. The molecule has 2 aromatic heterocycles. The molecule has 0 saturated heterocycles. The van der Waals surface area contributed by atoms with Crippen LogP contribution in [0.25, 0.3) is 11.0 Å². The molecule has 0 amide bonds. The maximum Gasteiger partial charge on any atom is 0.157 e. The number of hydrogen-bond acceptors (Lipinski definition) is 10. The number of pyridine rings is 1. The van der Waals surface area contributed by atoms with Gasteiger partial charge < -0.3 is 38.8 Å². The predicted octanol–water partition coefficient (Wildman–Crippen LogP) is 7.77. The van der Waals surface area contributed by atoms with Crippen molar-refractivity contribution in [3.63, 3.8) is 0 Å². The normalized spacial score (nSPS) is 11.3. The number of fused-ring (bicyclic) bond motifs is 1. The van der Waals surface area contributed by atoms with E-state index in [0.29, 0.717) is 36.1 Å². The van der Waals surface area contributed by atoms with E-state index in [1.54, 1.807) is 28.4 Å². The van der Waals surface area contributed by atoms with Gasteiger partial charge in [-0.15, -0.1) is 0 Å². The van der Waals surface area contributed by atoms with Gasteiger partial charge in [-0.25, -0.2) is 9.97 Å². The van der Waals surface area contributed by atoms with Gasteiger partial charge in [-0.1, -0.05) is 31.2 Å². The highest BCUT2D eigenvalue weighted by molar-refractivity contribution is 7.99. The minimum atomic E-state index is 0.242. The molecule has 0 saturated carbocycles. The van der Waals surface area contributed by atoms with E-state index in [4.69, 9.17) is 28.9 Å². The van der Waals surface area contributed by atoms with Crippen molar-refractivity contribution in [3.05, 3.63) is 82.8 Å². The lowest BCUT2D eigenvalue weighted by Crippen LogP contribution is -2.24. The second-order valence-corrected chi connectivity index (χ2v) is 13.3. The molecule has 11 heteroatoms. The van der Waals surface area contributed by atoms with Crippen molar-refractivity contribution < 1.29 is 24.1 Å². The van der Waals surface area contributed by atoms with Crippen LogP contribution in [0, 0.1) is 6.92 Å². The molecule has 0 bridgehead atoms. The molecule has 0 unspecified atom stereocenters. The lowest BCUT2D eigenvalue weighted by Gasteiger charge is -2.27. The number of imidazole rings is 1. The van der Waals surface area contributed by atoms with Gasteiger partial charge in [0, 0.05) is 49.3 Å². The number of rotatable bonds is 16. The Morgan fingerprint density at radius 2 is 1.43 bits per heavy atom. The Morgan fingerprint density at radius 1 is 0.796 bits per heavy atom. The zero-order valence-corrected chi connectivity index (χ0v) is 30.5. The van der Waals surface area contributed by atoms with Gasteiger partial charge in [0.1, 0.15) is 40.1 Å². The minimum Gasteiger partial charge on any atom is -0.507 e.